The fourth-order valence-corrected chi connectivity index (χ4v) is 3.49. The van der Waals surface area contributed by atoms with Gasteiger partial charge in [-0.3, -0.25) is 9.78 Å². The molecule has 1 aromatic rings. The molecule has 2 aliphatic heterocycles. The lowest BCUT2D eigenvalue weighted by Gasteiger charge is -2.39. The number of carbonyl (C=O) groups is 1. The lowest BCUT2D eigenvalue weighted by molar-refractivity contribution is -0.123. The minimum absolute atomic E-state index is 0.0805. The number of rotatable bonds is 4. The number of nitrogens with one attached hydrogen (secondary N) is 1. The average Bonchev–Trinajstić information content (AvgIpc) is 2.57. The first kappa shape index (κ1) is 15.4. The van der Waals surface area contributed by atoms with Crippen LogP contribution in [0.15, 0.2) is 24.5 Å². The quantitative estimate of drug-likeness (QED) is 0.917. The first-order valence-electron chi connectivity index (χ1n) is 8.16. The van der Waals surface area contributed by atoms with E-state index in [0.29, 0.717) is 18.3 Å². The van der Waals surface area contributed by atoms with Crippen LogP contribution in [0.5, 0.6) is 0 Å². The Morgan fingerprint density at radius 3 is 2.82 bits per heavy atom. The number of hydrogen-bond acceptors (Lipinski definition) is 4. The van der Waals surface area contributed by atoms with E-state index in [4.69, 9.17) is 9.47 Å². The third-order valence-corrected chi connectivity index (χ3v) is 4.71. The van der Waals surface area contributed by atoms with Gasteiger partial charge in [-0.25, -0.2) is 0 Å². The minimum atomic E-state index is 0.0805. The molecule has 0 spiro atoms. The van der Waals surface area contributed by atoms with Crippen molar-refractivity contribution in [1.29, 1.82) is 0 Å². The van der Waals surface area contributed by atoms with Gasteiger partial charge < -0.3 is 14.8 Å². The molecule has 1 aromatic heterocycles. The molecule has 2 atom stereocenters. The number of aromatic nitrogens is 1. The highest BCUT2D eigenvalue weighted by Crippen LogP contribution is 2.30. The maximum absolute atomic E-state index is 12.3. The Labute approximate surface area is 131 Å². The SMILES string of the molecule is O=C(Cc1cccnc1)N[C@@H]1CCOC[C@@H]1C1CCOCC1. The van der Waals surface area contributed by atoms with E-state index in [2.05, 4.69) is 10.3 Å². The van der Waals surface area contributed by atoms with Crippen LogP contribution in [0.4, 0.5) is 0 Å². The Hall–Kier alpha value is -1.46. The van der Waals surface area contributed by atoms with Gasteiger partial charge in [0, 0.05) is 44.2 Å². The lowest BCUT2D eigenvalue weighted by Crippen LogP contribution is -2.49. The van der Waals surface area contributed by atoms with Crippen LogP contribution in [0.1, 0.15) is 24.8 Å². The van der Waals surface area contributed by atoms with Crippen molar-refractivity contribution in [3.63, 3.8) is 0 Å². The maximum Gasteiger partial charge on any atom is 0.224 e. The Bertz CT molecular complexity index is 474. The molecule has 0 aromatic carbocycles. The number of amides is 1. The van der Waals surface area contributed by atoms with Gasteiger partial charge in [0.1, 0.15) is 0 Å². The van der Waals surface area contributed by atoms with Crippen LogP contribution in [0.25, 0.3) is 0 Å². The van der Waals surface area contributed by atoms with Crippen LogP contribution >= 0.6 is 0 Å². The fraction of sp³-hybridized carbons (Fsp3) is 0.647. The maximum atomic E-state index is 12.3. The molecule has 3 rings (SSSR count). The third-order valence-electron chi connectivity index (χ3n) is 4.71. The van der Waals surface area contributed by atoms with Crippen molar-refractivity contribution in [2.45, 2.75) is 31.7 Å². The second-order valence-electron chi connectivity index (χ2n) is 6.19. The molecular formula is C17H24N2O3. The van der Waals surface area contributed by atoms with Crippen LogP contribution in [-0.4, -0.2) is 43.4 Å². The standard InChI is InChI=1S/C17H24N2O3/c20-17(10-13-2-1-6-18-11-13)19-16-5-9-22-12-15(16)14-3-7-21-8-4-14/h1-2,6,11,14-16H,3-5,7-10,12H2,(H,19,20)/t15-,16-/m1/s1. The second kappa shape index (κ2) is 7.70. The van der Waals surface area contributed by atoms with E-state index < -0.39 is 0 Å². The van der Waals surface area contributed by atoms with Crippen molar-refractivity contribution in [3.05, 3.63) is 30.1 Å². The van der Waals surface area contributed by atoms with E-state index in [1.54, 1.807) is 12.4 Å². The van der Waals surface area contributed by atoms with Crippen molar-refractivity contribution in [1.82, 2.24) is 10.3 Å². The van der Waals surface area contributed by atoms with E-state index in [1.165, 1.54) is 0 Å². The van der Waals surface area contributed by atoms with Crippen molar-refractivity contribution in [2.24, 2.45) is 11.8 Å². The summed E-state index contributed by atoms with van der Waals surface area (Å²) < 4.78 is 11.1. The summed E-state index contributed by atoms with van der Waals surface area (Å²) in [6, 6.07) is 4.02. The summed E-state index contributed by atoms with van der Waals surface area (Å²) in [7, 11) is 0. The highest BCUT2D eigenvalue weighted by molar-refractivity contribution is 5.78. The zero-order valence-corrected chi connectivity index (χ0v) is 12.9. The molecule has 0 saturated carbocycles. The summed E-state index contributed by atoms with van der Waals surface area (Å²) in [6.45, 7) is 3.15. The molecule has 120 valence electrons. The predicted octanol–water partition coefficient (Wildman–Crippen LogP) is 1.57. The number of ether oxygens (including phenoxy) is 2. The highest BCUT2D eigenvalue weighted by Gasteiger charge is 2.34. The molecular weight excluding hydrogens is 280 g/mol. The Morgan fingerprint density at radius 1 is 1.23 bits per heavy atom. The topological polar surface area (TPSA) is 60.5 Å². The van der Waals surface area contributed by atoms with Gasteiger partial charge in [0.05, 0.1) is 13.0 Å². The van der Waals surface area contributed by atoms with Gasteiger partial charge in [0.2, 0.25) is 5.91 Å². The molecule has 2 aliphatic rings. The van der Waals surface area contributed by atoms with Gasteiger partial charge in [-0.2, -0.15) is 0 Å². The molecule has 22 heavy (non-hydrogen) atoms. The predicted molar refractivity (Wildman–Crippen MR) is 82.3 cm³/mol. The summed E-state index contributed by atoms with van der Waals surface area (Å²) in [5, 5.41) is 3.23. The van der Waals surface area contributed by atoms with Crippen LogP contribution in [-0.2, 0) is 20.7 Å². The number of carbonyl (C=O) groups excluding carboxylic acids is 1. The summed E-state index contributed by atoms with van der Waals surface area (Å²) in [5.74, 6) is 1.09. The van der Waals surface area contributed by atoms with E-state index in [1.807, 2.05) is 12.1 Å². The van der Waals surface area contributed by atoms with Crippen LogP contribution in [0.3, 0.4) is 0 Å². The van der Waals surface area contributed by atoms with Crippen LogP contribution in [0, 0.1) is 11.8 Å². The fourth-order valence-electron chi connectivity index (χ4n) is 3.49. The molecule has 1 amide bonds. The molecule has 0 radical (unpaired) electrons. The smallest absolute Gasteiger partial charge is 0.224 e. The normalized spacial score (nSPS) is 26.5. The number of pyridine rings is 1. The second-order valence-corrected chi connectivity index (χ2v) is 6.19. The van der Waals surface area contributed by atoms with Crippen LogP contribution in [0.2, 0.25) is 0 Å². The number of hydrogen-bond donors (Lipinski definition) is 1. The van der Waals surface area contributed by atoms with Gasteiger partial charge >= 0.3 is 0 Å². The number of nitrogens with zero attached hydrogens (tertiary/aromatic N) is 1. The monoisotopic (exact) mass is 304 g/mol. The van der Waals surface area contributed by atoms with Gasteiger partial charge in [-0.15, -0.1) is 0 Å². The van der Waals surface area contributed by atoms with Gasteiger partial charge in [0.15, 0.2) is 0 Å². The zero-order valence-electron chi connectivity index (χ0n) is 12.9. The third kappa shape index (κ3) is 4.05. The van der Waals surface area contributed by atoms with E-state index in [9.17, 15) is 4.79 Å². The van der Waals surface area contributed by atoms with Crippen LogP contribution < -0.4 is 5.32 Å². The Morgan fingerprint density at radius 2 is 2.05 bits per heavy atom. The molecule has 5 heteroatoms. The van der Waals surface area contributed by atoms with E-state index in [0.717, 1.165) is 51.3 Å². The molecule has 0 bridgehead atoms. The summed E-state index contributed by atoms with van der Waals surface area (Å²) in [5.41, 5.74) is 0.953. The largest absolute Gasteiger partial charge is 0.381 e. The zero-order chi connectivity index (χ0) is 15.2. The average molecular weight is 304 g/mol. The van der Waals surface area contributed by atoms with Crippen molar-refractivity contribution < 1.29 is 14.3 Å². The van der Waals surface area contributed by atoms with E-state index in [-0.39, 0.29) is 11.9 Å². The van der Waals surface area contributed by atoms with E-state index >= 15 is 0 Å². The van der Waals surface area contributed by atoms with Gasteiger partial charge in [-0.05, 0) is 36.8 Å². The Balaban J connectivity index is 1.57. The molecule has 2 fully saturated rings. The lowest BCUT2D eigenvalue weighted by atomic mass is 9.79. The molecule has 5 nitrogen and oxygen atoms in total. The summed E-state index contributed by atoms with van der Waals surface area (Å²) in [6.07, 6.45) is 6.92. The van der Waals surface area contributed by atoms with Crippen molar-refractivity contribution in [2.75, 3.05) is 26.4 Å². The summed E-state index contributed by atoms with van der Waals surface area (Å²) in [4.78, 5) is 16.4. The van der Waals surface area contributed by atoms with Gasteiger partial charge in [0.25, 0.3) is 0 Å². The minimum Gasteiger partial charge on any atom is -0.381 e. The summed E-state index contributed by atoms with van der Waals surface area (Å²) >= 11 is 0. The van der Waals surface area contributed by atoms with Gasteiger partial charge in [-0.1, -0.05) is 6.07 Å². The molecule has 1 N–H and O–H groups in total. The highest BCUT2D eigenvalue weighted by atomic mass is 16.5. The molecule has 0 unspecified atom stereocenters. The first-order chi connectivity index (χ1) is 10.8. The van der Waals surface area contributed by atoms with Crippen molar-refractivity contribution >= 4 is 5.91 Å². The Kier molecular flexibility index (Phi) is 5.40. The molecule has 2 saturated heterocycles. The first-order valence-corrected chi connectivity index (χ1v) is 8.16. The molecule has 0 aliphatic carbocycles. The van der Waals surface area contributed by atoms with Crippen molar-refractivity contribution in [3.8, 4) is 0 Å². The molecule has 3 heterocycles.